The fourth-order valence-corrected chi connectivity index (χ4v) is 2.10. The second-order valence-corrected chi connectivity index (χ2v) is 5.18. The molecule has 0 aliphatic rings. The Morgan fingerprint density at radius 1 is 1.39 bits per heavy atom. The van der Waals surface area contributed by atoms with Gasteiger partial charge in [-0.15, -0.1) is 0 Å². The Hall–Kier alpha value is -0.920. The summed E-state index contributed by atoms with van der Waals surface area (Å²) < 4.78 is 2.00. The van der Waals surface area contributed by atoms with Crippen molar-refractivity contribution < 1.29 is 0 Å². The van der Waals surface area contributed by atoms with Gasteiger partial charge in [0.1, 0.15) is 4.47 Å². The van der Waals surface area contributed by atoms with Crippen LogP contribution in [0, 0.1) is 0 Å². The number of likely N-dealkylation sites (N-methyl/N-ethyl adjacent to an activating group) is 2. The highest BCUT2D eigenvalue weighted by molar-refractivity contribution is 9.10. The maximum absolute atomic E-state index is 12.1. The van der Waals surface area contributed by atoms with Crippen molar-refractivity contribution >= 4 is 21.6 Å². The summed E-state index contributed by atoms with van der Waals surface area (Å²) in [5.74, 6) is 0. The van der Waals surface area contributed by atoms with Gasteiger partial charge >= 0.3 is 0 Å². The van der Waals surface area contributed by atoms with Crippen molar-refractivity contribution in [2.75, 3.05) is 45.7 Å². The maximum Gasteiger partial charge on any atom is 0.283 e. The smallest absolute Gasteiger partial charge is 0.283 e. The first-order valence-corrected chi connectivity index (χ1v) is 6.58. The number of hydrogen-bond acceptors (Lipinski definition) is 5. The van der Waals surface area contributed by atoms with Crippen LogP contribution in [0.25, 0.3) is 0 Å². The zero-order valence-corrected chi connectivity index (χ0v) is 12.6. The number of nitrogens with two attached hydrogens (primary N) is 1. The van der Waals surface area contributed by atoms with Crippen LogP contribution in [-0.2, 0) is 6.54 Å². The predicted molar refractivity (Wildman–Crippen MR) is 77.1 cm³/mol. The second kappa shape index (κ2) is 6.86. The summed E-state index contributed by atoms with van der Waals surface area (Å²) in [4.78, 5) is 16.0. The molecule has 6 nitrogen and oxygen atoms in total. The molecule has 1 heterocycles. The van der Waals surface area contributed by atoms with Crippen LogP contribution in [0.1, 0.15) is 0 Å². The zero-order chi connectivity index (χ0) is 13.7. The first-order valence-electron chi connectivity index (χ1n) is 5.79. The van der Waals surface area contributed by atoms with Gasteiger partial charge in [-0.3, -0.25) is 4.79 Å². The number of aromatic nitrogens is 2. The highest BCUT2D eigenvalue weighted by atomic mass is 79.9. The van der Waals surface area contributed by atoms with E-state index in [-0.39, 0.29) is 5.56 Å². The van der Waals surface area contributed by atoms with Crippen molar-refractivity contribution in [3.63, 3.8) is 0 Å². The lowest BCUT2D eigenvalue weighted by atomic mass is 10.4. The van der Waals surface area contributed by atoms with E-state index in [1.54, 1.807) is 6.20 Å². The Balaban J connectivity index is 2.94. The molecule has 0 saturated carbocycles. The molecule has 2 N–H and O–H groups in total. The van der Waals surface area contributed by atoms with E-state index in [0.717, 1.165) is 12.2 Å². The predicted octanol–water partition coefficient (Wildman–Crippen LogP) is -0.0377. The first-order chi connectivity index (χ1) is 8.47. The van der Waals surface area contributed by atoms with Gasteiger partial charge < -0.3 is 15.5 Å². The van der Waals surface area contributed by atoms with Crippen LogP contribution in [0.15, 0.2) is 15.5 Å². The Morgan fingerprint density at radius 2 is 2.06 bits per heavy atom. The third kappa shape index (κ3) is 3.79. The van der Waals surface area contributed by atoms with Gasteiger partial charge in [-0.2, -0.15) is 5.10 Å². The topological polar surface area (TPSA) is 67.4 Å². The number of rotatable bonds is 6. The molecule has 0 fully saturated rings. The van der Waals surface area contributed by atoms with Crippen LogP contribution in [0.5, 0.6) is 0 Å². The zero-order valence-electron chi connectivity index (χ0n) is 11.1. The van der Waals surface area contributed by atoms with E-state index in [1.807, 2.05) is 30.9 Å². The van der Waals surface area contributed by atoms with Gasteiger partial charge in [-0.25, -0.2) is 4.68 Å². The molecule has 0 radical (unpaired) electrons. The molecular formula is C11H20BrN5O. The molecule has 0 spiro atoms. The molecule has 18 heavy (non-hydrogen) atoms. The average Bonchev–Trinajstić information content (AvgIpc) is 2.31. The largest absolute Gasteiger partial charge is 0.371 e. The van der Waals surface area contributed by atoms with Gasteiger partial charge in [-0.1, -0.05) is 0 Å². The lowest BCUT2D eigenvalue weighted by molar-refractivity contribution is 0.367. The second-order valence-electron chi connectivity index (χ2n) is 4.39. The first kappa shape index (κ1) is 15.1. The standard InChI is InChI=1S/C11H20BrN5O/c1-15(2)6-7-17-11(18)10(12)9(8-14-17)16(3)5-4-13/h8H,4-7,13H2,1-3H3. The fourth-order valence-electron chi connectivity index (χ4n) is 1.49. The van der Waals surface area contributed by atoms with Crippen LogP contribution < -0.4 is 16.2 Å². The van der Waals surface area contributed by atoms with Gasteiger partial charge in [0.15, 0.2) is 0 Å². The van der Waals surface area contributed by atoms with Crippen molar-refractivity contribution in [2.45, 2.75) is 6.54 Å². The lowest BCUT2D eigenvalue weighted by Crippen LogP contribution is -2.32. The highest BCUT2D eigenvalue weighted by Crippen LogP contribution is 2.19. The Labute approximate surface area is 115 Å². The third-order valence-corrected chi connectivity index (χ3v) is 3.35. The van der Waals surface area contributed by atoms with Crippen LogP contribution in [-0.4, -0.2) is 55.5 Å². The summed E-state index contributed by atoms with van der Waals surface area (Å²) in [5.41, 5.74) is 6.16. The van der Waals surface area contributed by atoms with Crippen molar-refractivity contribution in [1.82, 2.24) is 14.7 Å². The molecule has 0 saturated heterocycles. The number of hydrogen-bond donors (Lipinski definition) is 1. The summed E-state index contributed by atoms with van der Waals surface area (Å²) in [6.45, 7) is 2.57. The van der Waals surface area contributed by atoms with Gasteiger partial charge in [0, 0.05) is 26.7 Å². The van der Waals surface area contributed by atoms with E-state index in [2.05, 4.69) is 21.0 Å². The van der Waals surface area contributed by atoms with E-state index in [0.29, 0.717) is 24.1 Å². The summed E-state index contributed by atoms with van der Waals surface area (Å²) in [6, 6.07) is 0. The molecule has 0 aliphatic heterocycles. The average molecular weight is 318 g/mol. The molecule has 7 heteroatoms. The molecule has 1 aromatic rings. The van der Waals surface area contributed by atoms with Crippen molar-refractivity contribution in [1.29, 1.82) is 0 Å². The molecular weight excluding hydrogens is 298 g/mol. The Kier molecular flexibility index (Phi) is 5.77. The number of anilines is 1. The van der Waals surface area contributed by atoms with Crippen LogP contribution in [0.3, 0.4) is 0 Å². The van der Waals surface area contributed by atoms with E-state index < -0.39 is 0 Å². The van der Waals surface area contributed by atoms with E-state index in [4.69, 9.17) is 5.73 Å². The van der Waals surface area contributed by atoms with E-state index in [9.17, 15) is 4.79 Å². The minimum atomic E-state index is -0.113. The van der Waals surface area contributed by atoms with E-state index in [1.165, 1.54) is 4.68 Å². The molecule has 0 unspecified atom stereocenters. The van der Waals surface area contributed by atoms with Gasteiger partial charge in [-0.05, 0) is 30.0 Å². The van der Waals surface area contributed by atoms with Crippen molar-refractivity contribution in [3.05, 3.63) is 21.0 Å². The summed E-state index contributed by atoms with van der Waals surface area (Å²) in [5, 5.41) is 4.18. The Morgan fingerprint density at radius 3 is 2.61 bits per heavy atom. The summed E-state index contributed by atoms with van der Waals surface area (Å²) in [7, 11) is 5.81. The van der Waals surface area contributed by atoms with Gasteiger partial charge in [0.05, 0.1) is 18.4 Å². The quantitative estimate of drug-likeness (QED) is 0.797. The summed E-state index contributed by atoms with van der Waals surface area (Å²) in [6.07, 6.45) is 1.69. The van der Waals surface area contributed by atoms with E-state index >= 15 is 0 Å². The fraction of sp³-hybridized carbons (Fsp3) is 0.636. The molecule has 1 rings (SSSR count). The van der Waals surface area contributed by atoms with Crippen molar-refractivity contribution in [3.8, 4) is 0 Å². The minimum Gasteiger partial charge on any atom is -0.371 e. The lowest BCUT2D eigenvalue weighted by Gasteiger charge is -2.19. The van der Waals surface area contributed by atoms with Crippen LogP contribution in [0.2, 0.25) is 0 Å². The maximum atomic E-state index is 12.1. The molecule has 0 aromatic carbocycles. The Bertz CT molecular complexity index is 446. The van der Waals surface area contributed by atoms with Crippen molar-refractivity contribution in [2.24, 2.45) is 5.73 Å². The highest BCUT2D eigenvalue weighted by Gasteiger charge is 2.11. The van der Waals surface area contributed by atoms with Crippen LogP contribution in [0.4, 0.5) is 5.69 Å². The van der Waals surface area contributed by atoms with Gasteiger partial charge in [0.2, 0.25) is 0 Å². The molecule has 1 aromatic heterocycles. The third-order valence-electron chi connectivity index (χ3n) is 2.60. The molecule has 0 bridgehead atoms. The normalized spacial score (nSPS) is 11.0. The minimum absolute atomic E-state index is 0.113. The molecule has 0 aliphatic carbocycles. The molecule has 0 atom stereocenters. The monoisotopic (exact) mass is 317 g/mol. The van der Waals surface area contributed by atoms with Gasteiger partial charge in [0.25, 0.3) is 5.56 Å². The number of halogens is 1. The van der Waals surface area contributed by atoms with Crippen LogP contribution >= 0.6 is 15.9 Å². The SMILES string of the molecule is CN(C)CCn1ncc(N(C)CCN)c(Br)c1=O. The summed E-state index contributed by atoms with van der Waals surface area (Å²) >= 11 is 3.34. The molecule has 102 valence electrons. The molecule has 0 amide bonds. The number of nitrogens with zero attached hydrogens (tertiary/aromatic N) is 4.